The van der Waals surface area contributed by atoms with Gasteiger partial charge in [-0.2, -0.15) is 0 Å². The second-order valence-electron chi connectivity index (χ2n) is 12.9. The molecule has 0 aromatic heterocycles. The number of carbonyl (C=O) groups is 1. The Labute approximate surface area is 298 Å². The van der Waals surface area contributed by atoms with Crippen LogP contribution in [0.25, 0.3) is 6.08 Å². The normalized spacial score (nSPS) is 38.3. The van der Waals surface area contributed by atoms with E-state index in [-0.39, 0.29) is 18.1 Å². The summed E-state index contributed by atoms with van der Waals surface area (Å²) in [7, 11) is 0. The summed E-state index contributed by atoms with van der Waals surface area (Å²) in [4.78, 5) is 13.0. The fourth-order valence-corrected chi connectivity index (χ4v) is 6.10. The number of hydrogen-bond donors (Lipinski definition) is 9. The Balaban J connectivity index is 1.32. The number of ether oxygens (including phenoxy) is 7. The zero-order valence-electron chi connectivity index (χ0n) is 28.3. The van der Waals surface area contributed by atoms with Gasteiger partial charge < -0.3 is 79.1 Å². The quantitative estimate of drug-likeness (QED) is 0.0879. The fourth-order valence-electron chi connectivity index (χ4n) is 6.10. The average molecular weight is 739 g/mol. The van der Waals surface area contributed by atoms with Gasteiger partial charge in [-0.05, 0) is 61.7 Å². The van der Waals surface area contributed by atoms with Crippen molar-refractivity contribution < 1.29 is 83.9 Å². The maximum absolute atomic E-state index is 13.0. The number of aliphatic hydroxyl groups is 7. The van der Waals surface area contributed by atoms with Crippen LogP contribution in [0.2, 0.25) is 0 Å². The largest absolute Gasteiger partial charge is 0.508 e. The molecule has 3 fully saturated rings. The van der Waals surface area contributed by atoms with Gasteiger partial charge in [0.15, 0.2) is 25.0 Å². The van der Waals surface area contributed by atoms with Crippen LogP contribution in [0.4, 0.5) is 0 Å². The summed E-state index contributed by atoms with van der Waals surface area (Å²) in [6.07, 6.45) is -19.6. The second-order valence-corrected chi connectivity index (χ2v) is 12.9. The molecule has 2 aromatic carbocycles. The van der Waals surface area contributed by atoms with Crippen LogP contribution in [0.5, 0.6) is 11.5 Å². The summed E-state index contributed by atoms with van der Waals surface area (Å²) in [5.41, 5.74) is 1.35. The van der Waals surface area contributed by atoms with Crippen molar-refractivity contribution in [1.29, 1.82) is 0 Å². The Morgan fingerprint density at radius 2 is 1.25 bits per heavy atom. The minimum absolute atomic E-state index is 0.00788. The third kappa shape index (κ3) is 9.44. The first-order valence-corrected chi connectivity index (χ1v) is 16.8. The van der Waals surface area contributed by atoms with E-state index in [1.807, 2.05) is 0 Å². The lowest BCUT2D eigenvalue weighted by Crippen LogP contribution is -2.66. The van der Waals surface area contributed by atoms with Gasteiger partial charge in [0, 0.05) is 6.08 Å². The van der Waals surface area contributed by atoms with E-state index in [1.165, 1.54) is 44.2 Å². The van der Waals surface area contributed by atoms with Crippen LogP contribution < -0.4 is 0 Å². The van der Waals surface area contributed by atoms with E-state index in [2.05, 4.69) is 0 Å². The highest BCUT2D eigenvalue weighted by molar-refractivity contribution is 5.87. The Morgan fingerprint density at radius 3 is 1.88 bits per heavy atom. The highest BCUT2D eigenvalue weighted by Crippen LogP contribution is 2.33. The lowest BCUT2D eigenvalue weighted by molar-refractivity contribution is -0.375. The molecule has 3 heterocycles. The standard InChI is InChI=1S/C35H46O17/c1-16-24(40)25(41)27(43)34(47-16)51-30-17(2)48-35(28(44)26(30)42)52-32-29(45)33(46-14-13-19-5-10-21(38)11-6-19)49-22(15-36)31(32)50-23(39)12-7-18-3-8-20(37)9-4-18/h3-12,16-17,22,24-38,40-45H,13-15H2,1-2H3/t16-,17+,22-,24-,25+,26-,27-,28-,29-,30+,31-,32+,33-,34-,35-/m0/s1. The first-order valence-electron chi connectivity index (χ1n) is 16.8. The molecule has 9 N–H and O–H groups in total. The number of carbonyl (C=O) groups excluding carboxylic acids is 1. The summed E-state index contributed by atoms with van der Waals surface area (Å²) in [5, 5.41) is 93.7. The van der Waals surface area contributed by atoms with Crippen molar-refractivity contribution >= 4 is 12.0 Å². The van der Waals surface area contributed by atoms with Crippen LogP contribution in [0.3, 0.4) is 0 Å². The Morgan fingerprint density at radius 1 is 0.673 bits per heavy atom. The zero-order valence-corrected chi connectivity index (χ0v) is 28.3. The van der Waals surface area contributed by atoms with Gasteiger partial charge in [-0.3, -0.25) is 0 Å². The minimum Gasteiger partial charge on any atom is -0.508 e. The van der Waals surface area contributed by atoms with Crippen LogP contribution in [0.15, 0.2) is 54.6 Å². The predicted molar refractivity (Wildman–Crippen MR) is 175 cm³/mol. The maximum atomic E-state index is 13.0. The summed E-state index contributed by atoms with van der Waals surface area (Å²) >= 11 is 0. The molecule has 0 aliphatic carbocycles. The molecule has 5 rings (SSSR count). The number of phenols is 2. The maximum Gasteiger partial charge on any atom is 0.331 e. The van der Waals surface area contributed by atoms with Gasteiger partial charge in [-0.15, -0.1) is 0 Å². The third-order valence-electron chi connectivity index (χ3n) is 9.13. The molecule has 17 nitrogen and oxygen atoms in total. The van der Waals surface area contributed by atoms with Crippen molar-refractivity contribution in [2.24, 2.45) is 0 Å². The number of hydrogen-bond acceptors (Lipinski definition) is 17. The van der Waals surface area contributed by atoms with E-state index in [1.54, 1.807) is 24.3 Å². The second kappa shape index (κ2) is 17.7. The summed E-state index contributed by atoms with van der Waals surface area (Å²) < 4.78 is 40.3. The van der Waals surface area contributed by atoms with Crippen molar-refractivity contribution in [3.8, 4) is 11.5 Å². The number of aromatic hydroxyl groups is 2. The molecule has 3 saturated heterocycles. The minimum atomic E-state index is -1.86. The third-order valence-corrected chi connectivity index (χ3v) is 9.13. The van der Waals surface area contributed by atoms with Gasteiger partial charge in [-0.25, -0.2) is 4.79 Å². The molecule has 288 valence electrons. The van der Waals surface area contributed by atoms with Gasteiger partial charge in [0.05, 0.1) is 25.4 Å². The lowest BCUT2D eigenvalue weighted by Gasteiger charge is -2.48. The number of rotatable bonds is 12. The first kappa shape index (κ1) is 39.9. The molecule has 52 heavy (non-hydrogen) atoms. The van der Waals surface area contributed by atoms with Crippen molar-refractivity contribution in [3.05, 3.63) is 65.7 Å². The van der Waals surface area contributed by atoms with E-state index in [9.17, 15) is 50.8 Å². The van der Waals surface area contributed by atoms with Crippen molar-refractivity contribution in [2.45, 2.75) is 112 Å². The molecule has 0 radical (unpaired) electrons. The molecule has 17 heteroatoms. The molecule has 0 amide bonds. The van der Waals surface area contributed by atoms with Crippen molar-refractivity contribution in [2.75, 3.05) is 13.2 Å². The Bertz CT molecular complexity index is 1460. The molecular formula is C35H46O17. The van der Waals surface area contributed by atoms with Gasteiger partial charge in [0.2, 0.25) is 0 Å². The van der Waals surface area contributed by atoms with Crippen LogP contribution in [-0.4, -0.2) is 157 Å². The van der Waals surface area contributed by atoms with Crippen LogP contribution in [0, 0.1) is 0 Å². The summed E-state index contributed by atoms with van der Waals surface area (Å²) in [6.45, 7) is 2.18. The molecular weight excluding hydrogens is 692 g/mol. The van der Waals surface area contributed by atoms with E-state index < -0.39 is 105 Å². The summed E-state index contributed by atoms with van der Waals surface area (Å²) in [6, 6.07) is 12.3. The predicted octanol–water partition coefficient (Wildman–Crippen LogP) is -1.58. The fraction of sp³-hybridized carbons (Fsp3) is 0.571. The van der Waals surface area contributed by atoms with Gasteiger partial charge in [0.1, 0.15) is 66.4 Å². The zero-order chi connectivity index (χ0) is 37.7. The van der Waals surface area contributed by atoms with E-state index >= 15 is 0 Å². The summed E-state index contributed by atoms with van der Waals surface area (Å²) in [5.74, 6) is -0.819. The Hall–Kier alpha value is -3.27. The molecule has 3 aliphatic heterocycles. The SMILES string of the molecule is C[C@@H]1O[C@@H](O[C@H]2[C@@H](O)[C@H](O)[C@H](O[C@@H]3[C@H](O)[C@@H](OCCc4ccc(O)cc4)O[C@@H](CO)[C@@H]3OC(=O)C=Cc3ccc(O)cc3)O[C@@H]2C)[C@@H](O)[C@H](O)[C@H]1O. The highest BCUT2D eigenvalue weighted by Gasteiger charge is 2.54. The van der Waals surface area contributed by atoms with Gasteiger partial charge in [-0.1, -0.05) is 24.3 Å². The monoisotopic (exact) mass is 738 g/mol. The first-order chi connectivity index (χ1) is 24.8. The number of aliphatic hydroxyl groups excluding tert-OH is 7. The average Bonchev–Trinajstić information content (AvgIpc) is 3.12. The number of phenolic OH excluding ortho intramolecular Hbond substituents is 2. The van der Waals surface area contributed by atoms with E-state index in [0.717, 1.165) is 11.6 Å². The molecule has 3 aliphatic rings. The smallest absolute Gasteiger partial charge is 0.331 e. The van der Waals surface area contributed by atoms with Crippen LogP contribution in [0.1, 0.15) is 25.0 Å². The van der Waals surface area contributed by atoms with Crippen LogP contribution >= 0.6 is 0 Å². The molecule has 0 spiro atoms. The molecule has 2 aromatic rings. The molecule has 0 saturated carbocycles. The van der Waals surface area contributed by atoms with Gasteiger partial charge >= 0.3 is 5.97 Å². The van der Waals surface area contributed by atoms with Gasteiger partial charge in [0.25, 0.3) is 0 Å². The van der Waals surface area contributed by atoms with Crippen molar-refractivity contribution in [3.63, 3.8) is 0 Å². The van der Waals surface area contributed by atoms with E-state index in [4.69, 9.17) is 33.2 Å². The molecule has 15 atom stereocenters. The topological polar surface area (TPSA) is 264 Å². The number of esters is 1. The van der Waals surface area contributed by atoms with Crippen molar-refractivity contribution in [1.82, 2.24) is 0 Å². The molecule has 0 unspecified atom stereocenters. The lowest BCUT2D eigenvalue weighted by atomic mass is 9.96. The Kier molecular flexibility index (Phi) is 13.6. The van der Waals surface area contributed by atoms with E-state index in [0.29, 0.717) is 12.0 Å². The molecule has 0 bridgehead atoms. The highest BCUT2D eigenvalue weighted by atomic mass is 16.8. The van der Waals surface area contributed by atoms with Crippen LogP contribution in [-0.2, 0) is 44.4 Å². The number of benzene rings is 2.